The lowest BCUT2D eigenvalue weighted by Gasteiger charge is -2.39. The predicted octanol–water partition coefficient (Wildman–Crippen LogP) is 5.04. The Morgan fingerprint density at radius 1 is 0.918 bits per heavy atom. The normalized spacial score (nSPS) is 16.6. The molecule has 0 N–H and O–H groups in total. The van der Waals surface area contributed by atoms with Gasteiger partial charge in [-0.1, -0.05) is 6.58 Å². The number of aryl methyl sites for hydroxylation is 1. The number of carbonyl (C=O) groups is 2. The summed E-state index contributed by atoms with van der Waals surface area (Å²) in [6.45, 7) is 6.14. The zero-order chi connectivity index (χ0) is 34.0. The molecule has 0 saturated carbocycles. The second kappa shape index (κ2) is 12.2. The third-order valence-electron chi connectivity index (χ3n) is 10.0. The minimum absolute atomic E-state index is 0.0227. The molecule has 5 heterocycles. The van der Waals surface area contributed by atoms with Crippen molar-refractivity contribution in [3.05, 3.63) is 104 Å². The molecule has 5 aliphatic heterocycles. The Kier molecular flexibility index (Phi) is 7.80. The summed E-state index contributed by atoms with van der Waals surface area (Å²) in [5, 5.41) is 1.36. The highest BCUT2D eigenvalue weighted by Gasteiger charge is 2.39. The maximum absolute atomic E-state index is 16.4. The molecule has 0 amide bonds. The summed E-state index contributed by atoms with van der Waals surface area (Å²) in [7, 11) is 0. The minimum Gasteiger partial charge on any atom is -0.462 e. The number of benzene rings is 3. The van der Waals surface area contributed by atoms with Gasteiger partial charge in [-0.2, -0.15) is 0 Å². The summed E-state index contributed by atoms with van der Waals surface area (Å²) in [6.07, 6.45) is 9.63. The average molecular weight is 674 g/mol. The lowest BCUT2D eigenvalue weighted by atomic mass is 9.81. The molecule has 0 bridgehead atoms. The van der Waals surface area contributed by atoms with Gasteiger partial charge in [-0.15, -0.1) is 0 Å². The van der Waals surface area contributed by atoms with Crippen molar-refractivity contribution in [2.24, 2.45) is 0 Å². The maximum atomic E-state index is 16.4. The fraction of sp³-hybridized carbons (Fsp3) is 0.342. The maximum Gasteiger partial charge on any atom is 0.341 e. The Morgan fingerprint density at radius 2 is 1.67 bits per heavy atom. The molecule has 0 aromatic heterocycles. The molecule has 0 unspecified atom stereocenters. The van der Waals surface area contributed by atoms with Crippen LogP contribution in [0.2, 0.25) is 0 Å². The van der Waals surface area contributed by atoms with Crippen LogP contribution in [0.3, 0.4) is 0 Å². The van der Waals surface area contributed by atoms with Crippen LogP contribution in [0.25, 0.3) is 11.6 Å². The summed E-state index contributed by atoms with van der Waals surface area (Å²) < 4.78 is 82.0. The molecule has 0 saturated heterocycles. The van der Waals surface area contributed by atoms with Crippen molar-refractivity contribution < 1.29 is 41.4 Å². The quantitative estimate of drug-likeness (QED) is 0.0522. The number of esters is 2. The van der Waals surface area contributed by atoms with Crippen LogP contribution < -0.4 is 24.8 Å². The molecule has 0 spiro atoms. The fourth-order valence-corrected chi connectivity index (χ4v) is 8.05. The fourth-order valence-electron chi connectivity index (χ4n) is 8.05. The molecule has 0 radical (unpaired) electrons. The van der Waals surface area contributed by atoms with E-state index in [1.54, 1.807) is 6.07 Å². The second-order valence-corrected chi connectivity index (χ2v) is 12.9. The summed E-state index contributed by atoms with van der Waals surface area (Å²) in [6, 6.07) is 3.68. The topological polar surface area (TPSA) is 68.1 Å². The summed E-state index contributed by atoms with van der Waals surface area (Å²) in [5.74, 6) is -8.85. The lowest BCUT2D eigenvalue weighted by Crippen LogP contribution is -2.43. The molecule has 3 aromatic carbocycles. The van der Waals surface area contributed by atoms with Crippen LogP contribution in [-0.4, -0.2) is 51.3 Å². The Hall–Kier alpha value is -4.93. The van der Waals surface area contributed by atoms with E-state index in [0.717, 1.165) is 84.7 Å². The van der Waals surface area contributed by atoms with Crippen molar-refractivity contribution in [3.63, 3.8) is 0 Å². The number of hydrogen-bond donors (Lipinski definition) is 0. The molecule has 11 heteroatoms. The zero-order valence-corrected chi connectivity index (χ0v) is 26.7. The van der Waals surface area contributed by atoms with Gasteiger partial charge in [0.05, 0.1) is 18.8 Å². The molecule has 0 fully saturated rings. The summed E-state index contributed by atoms with van der Waals surface area (Å²) >= 11 is 0. The molecule has 0 atom stereocenters. The van der Waals surface area contributed by atoms with Gasteiger partial charge < -0.3 is 19.1 Å². The number of halogens is 4. The van der Waals surface area contributed by atoms with Gasteiger partial charge in [-0.05, 0) is 62.0 Å². The number of fused-ring (bicyclic) bond motifs is 4. The van der Waals surface area contributed by atoms with Gasteiger partial charge in [-0.25, -0.2) is 31.7 Å². The van der Waals surface area contributed by atoms with Crippen LogP contribution in [0, 0.1) is 23.3 Å². The van der Waals surface area contributed by atoms with E-state index in [1.807, 2.05) is 18.2 Å². The first-order valence-electron chi connectivity index (χ1n) is 16.7. The van der Waals surface area contributed by atoms with Gasteiger partial charge >= 0.3 is 11.9 Å². The molecular formula is C38H33F4N2O5+. The first kappa shape index (κ1) is 31.3. The van der Waals surface area contributed by atoms with E-state index in [9.17, 15) is 14.0 Å². The average Bonchev–Trinajstić information content (AvgIpc) is 3.12. The van der Waals surface area contributed by atoms with Crippen molar-refractivity contribution in [2.75, 3.05) is 44.3 Å². The standard InChI is InChI=1S/C38H33F4N2O5/c1-2-26(45)47-16-7-17-48-38(46)29-28(30(39)32(41)33(42)31(29)40)27-24-18-20-8-3-12-43-14-5-10-22(34(20)43)36(24)49-37-23-11-6-15-44-13-4-9-21(35(23)44)19-25(27)37/h2-3,8,18-19H,1,4-7,9-17H2/q+1. The van der Waals surface area contributed by atoms with Crippen LogP contribution in [0.1, 0.15) is 69.4 Å². The number of carbonyl (C=O) groups excluding carboxylic acids is 2. The first-order valence-corrected chi connectivity index (χ1v) is 16.7. The van der Waals surface area contributed by atoms with Crippen LogP contribution in [0.5, 0.6) is 11.5 Å². The third-order valence-corrected chi connectivity index (χ3v) is 10.0. The molecule has 7 nitrogen and oxygen atoms in total. The number of ether oxygens (including phenoxy) is 3. The summed E-state index contributed by atoms with van der Waals surface area (Å²) in [5.41, 5.74) is 3.39. The van der Waals surface area contributed by atoms with Gasteiger partial charge in [0.15, 0.2) is 29.8 Å². The lowest BCUT2D eigenvalue weighted by molar-refractivity contribution is -0.137. The van der Waals surface area contributed by atoms with Crippen LogP contribution in [0.15, 0.2) is 30.9 Å². The van der Waals surface area contributed by atoms with E-state index in [2.05, 4.69) is 16.1 Å². The van der Waals surface area contributed by atoms with Gasteiger partial charge in [0, 0.05) is 70.7 Å². The monoisotopic (exact) mass is 673 g/mol. The molecule has 3 aromatic rings. The van der Waals surface area contributed by atoms with Gasteiger partial charge in [0.2, 0.25) is 5.36 Å². The van der Waals surface area contributed by atoms with Gasteiger partial charge in [0.25, 0.3) is 0 Å². The molecule has 8 rings (SSSR count). The predicted molar refractivity (Wildman–Crippen MR) is 173 cm³/mol. The molecule has 252 valence electrons. The Bertz CT molecular complexity index is 2160. The largest absolute Gasteiger partial charge is 0.462 e. The third kappa shape index (κ3) is 4.96. The van der Waals surface area contributed by atoms with E-state index in [1.165, 1.54) is 0 Å². The van der Waals surface area contributed by atoms with E-state index in [4.69, 9.17) is 14.2 Å². The van der Waals surface area contributed by atoms with Crippen LogP contribution >= 0.6 is 0 Å². The van der Waals surface area contributed by atoms with E-state index >= 15 is 13.2 Å². The molecular weight excluding hydrogens is 640 g/mol. The van der Waals surface area contributed by atoms with Crippen molar-refractivity contribution in [3.8, 4) is 11.5 Å². The molecule has 5 aliphatic rings. The Labute approximate surface area is 279 Å². The second-order valence-electron chi connectivity index (χ2n) is 12.9. The van der Waals surface area contributed by atoms with Crippen LogP contribution in [0.4, 0.5) is 23.2 Å². The van der Waals surface area contributed by atoms with Crippen molar-refractivity contribution in [2.45, 2.75) is 44.9 Å². The van der Waals surface area contributed by atoms with E-state index in [-0.39, 0.29) is 25.2 Å². The van der Waals surface area contributed by atoms with Crippen molar-refractivity contribution >= 4 is 29.3 Å². The highest BCUT2D eigenvalue weighted by molar-refractivity contribution is 6.00. The molecule has 49 heavy (non-hydrogen) atoms. The van der Waals surface area contributed by atoms with E-state index < -0.39 is 46.3 Å². The molecule has 0 aliphatic carbocycles. The van der Waals surface area contributed by atoms with Gasteiger partial charge in [-0.3, -0.25) is 0 Å². The Morgan fingerprint density at radius 3 is 2.49 bits per heavy atom. The highest BCUT2D eigenvalue weighted by Crippen LogP contribution is 2.49. The first-order chi connectivity index (χ1) is 23.8. The summed E-state index contributed by atoms with van der Waals surface area (Å²) in [4.78, 5) is 27.3. The number of rotatable bonds is 7. The smallest absolute Gasteiger partial charge is 0.341 e. The highest BCUT2D eigenvalue weighted by atomic mass is 19.2. The Balaban J connectivity index is 1.41. The van der Waals surface area contributed by atoms with Crippen molar-refractivity contribution in [1.82, 2.24) is 4.58 Å². The minimum atomic E-state index is -2.11. The number of anilines is 1. The van der Waals surface area contributed by atoms with Crippen LogP contribution in [-0.2, 0) is 33.5 Å². The SMILES string of the molecule is C=CC(=O)OCCCOC(=O)c1c(F)c(F)c(F)c(F)c1C1=c2cc3c4c(c2Oc2c1cc1c5c2CCCN5CCC1)CCC[N+]=4CC=C3. The number of hydrogen-bond acceptors (Lipinski definition) is 6. The number of nitrogens with zero attached hydrogens (tertiary/aromatic N) is 2. The zero-order valence-electron chi connectivity index (χ0n) is 26.7. The van der Waals surface area contributed by atoms with E-state index in [0.29, 0.717) is 41.7 Å². The van der Waals surface area contributed by atoms with Gasteiger partial charge in [0.1, 0.15) is 23.6 Å². The van der Waals surface area contributed by atoms with Crippen molar-refractivity contribution in [1.29, 1.82) is 0 Å².